The van der Waals surface area contributed by atoms with Gasteiger partial charge in [-0.3, -0.25) is 0 Å². The maximum atomic E-state index is 14.5. The van der Waals surface area contributed by atoms with Gasteiger partial charge in [-0.15, -0.1) is 0 Å². The molecule has 0 saturated carbocycles. The molecule has 1 aliphatic rings. The predicted octanol–water partition coefficient (Wildman–Crippen LogP) is 4.73. The van der Waals surface area contributed by atoms with E-state index in [4.69, 9.17) is 23.2 Å². The number of rotatable bonds is 3. The van der Waals surface area contributed by atoms with Gasteiger partial charge in [0, 0.05) is 19.0 Å². The average Bonchev–Trinajstić information content (AvgIpc) is 2.77. The summed E-state index contributed by atoms with van der Waals surface area (Å²) in [5.74, 6) is 0.166. The van der Waals surface area contributed by atoms with E-state index in [-0.39, 0.29) is 11.4 Å². The SMILES string of the molecule is CN.O=CC1CCCN(c2ncnc3c(F)ccc(-c4ccc(Cl)c(Cl)c4)c23)C1. The standard InChI is InChI=1S/C20H16Cl2FN3O.CH5N/c21-15-5-3-13(8-16(15)22)14-4-6-17(23)19-18(14)20(25-11-24-19)26-7-1-2-12(9-26)10-27;1-2/h3-6,8,10-12H,1-2,7,9H2;2H2,1H3. The molecule has 1 aromatic heterocycles. The zero-order chi connectivity index (χ0) is 21.0. The van der Waals surface area contributed by atoms with E-state index in [1.54, 1.807) is 18.2 Å². The molecule has 2 aromatic carbocycles. The molecule has 0 bridgehead atoms. The first-order valence-corrected chi connectivity index (χ1v) is 10.0. The monoisotopic (exact) mass is 434 g/mol. The maximum Gasteiger partial charge on any atom is 0.149 e. The van der Waals surface area contributed by atoms with Crippen LogP contribution < -0.4 is 10.6 Å². The second-order valence-electron chi connectivity index (χ2n) is 6.63. The molecule has 2 N–H and O–H groups in total. The van der Waals surface area contributed by atoms with Crippen molar-refractivity contribution >= 4 is 46.2 Å². The van der Waals surface area contributed by atoms with Crippen molar-refractivity contribution in [3.8, 4) is 11.1 Å². The quantitative estimate of drug-likeness (QED) is 0.602. The number of aromatic nitrogens is 2. The van der Waals surface area contributed by atoms with Crippen LogP contribution in [0.1, 0.15) is 12.8 Å². The van der Waals surface area contributed by atoms with Crippen LogP contribution >= 0.6 is 23.2 Å². The van der Waals surface area contributed by atoms with Gasteiger partial charge < -0.3 is 15.4 Å². The normalized spacial score (nSPS) is 16.3. The lowest BCUT2D eigenvalue weighted by Gasteiger charge is -2.32. The van der Waals surface area contributed by atoms with E-state index in [9.17, 15) is 9.18 Å². The second-order valence-corrected chi connectivity index (χ2v) is 7.44. The minimum absolute atomic E-state index is 0.0502. The third-order valence-corrected chi connectivity index (χ3v) is 5.64. The second kappa shape index (κ2) is 9.48. The van der Waals surface area contributed by atoms with Crippen molar-refractivity contribution in [2.45, 2.75) is 12.8 Å². The molecule has 4 rings (SSSR count). The first-order valence-electron chi connectivity index (χ1n) is 9.25. The molecule has 0 aliphatic carbocycles. The Morgan fingerprint density at radius 1 is 1.17 bits per heavy atom. The Labute approximate surface area is 178 Å². The van der Waals surface area contributed by atoms with Crippen molar-refractivity contribution in [1.82, 2.24) is 9.97 Å². The van der Waals surface area contributed by atoms with E-state index < -0.39 is 5.82 Å². The van der Waals surface area contributed by atoms with E-state index >= 15 is 0 Å². The highest BCUT2D eigenvalue weighted by Crippen LogP contribution is 2.38. The fraction of sp³-hybridized carbons (Fsp3) is 0.286. The van der Waals surface area contributed by atoms with Gasteiger partial charge in [0.2, 0.25) is 0 Å². The first-order chi connectivity index (χ1) is 14.1. The van der Waals surface area contributed by atoms with Crippen LogP contribution in [0, 0.1) is 11.7 Å². The van der Waals surface area contributed by atoms with Crippen LogP contribution in [0.2, 0.25) is 10.0 Å². The van der Waals surface area contributed by atoms with Crippen LogP contribution in [0.4, 0.5) is 10.2 Å². The summed E-state index contributed by atoms with van der Waals surface area (Å²) in [5.41, 5.74) is 6.32. The highest BCUT2D eigenvalue weighted by Gasteiger charge is 2.24. The number of nitrogens with zero attached hydrogens (tertiary/aromatic N) is 3. The Bertz CT molecular complexity index is 1030. The molecule has 1 atom stereocenters. The van der Waals surface area contributed by atoms with Gasteiger partial charge in [0.1, 0.15) is 29.8 Å². The van der Waals surface area contributed by atoms with Gasteiger partial charge >= 0.3 is 0 Å². The fourth-order valence-corrected chi connectivity index (χ4v) is 3.88. The smallest absolute Gasteiger partial charge is 0.149 e. The van der Waals surface area contributed by atoms with Crippen molar-refractivity contribution in [3.05, 3.63) is 52.5 Å². The topological polar surface area (TPSA) is 72.1 Å². The van der Waals surface area contributed by atoms with E-state index in [1.807, 2.05) is 11.0 Å². The minimum Gasteiger partial charge on any atom is -0.355 e. The third kappa shape index (κ3) is 4.34. The summed E-state index contributed by atoms with van der Waals surface area (Å²) in [7, 11) is 1.50. The number of carbonyl (C=O) groups is 1. The number of hydrogen-bond acceptors (Lipinski definition) is 5. The molecule has 1 aliphatic heterocycles. The van der Waals surface area contributed by atoms with Crippen LogP contribution in [0.15, 0.2) is 36.7 Å². The largest absolute Gasteiger partial charge is 0.355 e. The van der Waals surface area contributed by atoms with E-state index in [1.165, 1.54) is 19.4 Å². The van der Waals surface area contributed by atoms with Crippen LogP contribution in [0.3, 0.4) is 0 Å². The van der Waals surface area contributed by atoms with Crippen molar-refractivity contribution < 1.29 is 9.18 Å². The van der Waals surface area contributed by atoms with Crippen molar-refractivity contribution in [2.24, 2.45) is 11.7 Å². The van der Waals surface area contributed by atoms with Gasteiger partial charge in [0.25, 0.3) is 0 Å². The van der Waals surface area contributed by atoms with Crippen LogP contribution in [0.25, 0.3) is 22.0 Å². The Hall–Kier alpha value is -2.28. The molecule has 0 amide bonds. The number of hydrogen-bond donors (Lipinski definition) is 1. The predicted molar refractivity (Wildman–Crippen MR) is 116 cm³/mol. The summed E-state index contributed by atoms with van der Waals surface area (Å²) in [6.45, 7) is 1.32. The Balaban J connectivity index is 0.00000117. The number of nitrogens with two attached hydrogens (primary N) is 1. The molecule has 8 heteroatoms. The lowest BCUT2D eigenvalue weighted by atomic mass is 9.97. The molecule has 0 radical (unpaired) electrons. The Morgan fingerprint density at radius 3 is 2.69 bits per heavy atom. The lowest BCUT2D eigenvalue weighted by molar-refractivity contribution is -0.111. The van der Waals surface area contributed by atoms with Gasteiger partial charge in [0.15, 0.2) is 0 Å². The number of carbonyl (C=O) groups excluding carboxylic acids is 1. The molecular formula is C21H21Cl2FN4O. The summed E-state index contributed by atoms with van der Waals surface area (Å²) >= 11 is 12.2. The van der Waals surface area contributed by atoms with Gasteiger partial charge in [-0.1, -0.05) is 35.3 Å². The summed E-state index contributed by atoms with van der Waals surface area (Å²) in [4.78, 5) is 21.9. The Kier molecular flexibility index (Phi) is 7.00. The molecule has 2 heterocycles. The number of fused-ring (bicyclic) bond motifs is 1. The lowest BCUT2D eigenvalue weighted by Crippen LogP contribution is -2.36. The number of halogens is 3. The van der Waals surface area contributed by atoms with Crippen LogP contribution in [0.5, 0.6) is 0 Å². The molecule has 1 fully saturated rings. The third-order valence-electron chi connectivity index (χ3n) is 4.90. The van der Waals surface area contributed by atoms with Gasteiger partial charge in [0.05, 0.1) is 15.4 Å². The number of piperidine rings is 1. The average molecular weight is 435 g/mol. The zero-order valence-electron chi connectivity index (χ0n) is 15.9. The minimum atomic E-state index is -0.415. The summed E-state index contributed by atoms with van der Waals surface area (Å²) in [6.07, 6.45) is 4.09. The van der Waals surface area contributed by atoms with E-state index in [2.05, 4.69) is 15.7 Å². The van der Waals surface area contributed by atoms with E-state index in [0.29, 0.717) is 27.8 Å². The van der Waals surface area contributed by atoms with Gasteiger partial charge in [-0.25, -0.2) is 14.4 Å². The number of anilines is 1. The molecule has 0 spiro atoms. The van der Waals surface area contributed by atoms with E-state index in [0.717, 1.165) is 36.8 Å². The van der Waals surface area contributed by atoms with Crippen molar-refractivity contribution in [2.75, 3.05) is 25.0 Å². The first kappa shape index (κ1) is 21.4. The maximum absolute atomic E-state index is 14.5. The molecule has 1 unspecified atom stereocenters. The van der Waals surface area contributed by atoms with Crippen LogP contribution in [-0.4, -0.2) is 36.4 Å². The summed E-state index contributed by atoms with van der Waals surface area (Å²) < 4.78 is 14.5. The molecule has 3 aromatic rings. The van der Waals surface area contributed by atoms with Gasteiger partial charge in [-0.05, 0) is 49.2 Å². The van der Waals surface area contributed by atoms with Crippen molar-refractivity contribution in [3.63, 3.8) is 0 Å². The number of benzene rings is 2. The molecular weight excluding hydrogens is 414 g/mol. The molecule has 29 heavy (non-hydrogen) atoms. The molecule has 1 saturated heterocycles. The summed E-state index contributed by atoms with van der Waals surface area (Å²) in [5, 5.41) is 1.49. The highest BCUT2D eigenvalue weighted by molar-refractivity contribution is 6.42. The Morgan fingerprint density at radius 2 is 1.97 bits per heavy atom. The zero-order valence-corrected chi connectivity index (χ0v) is 17.4. The molecule has 5 nitrogen and oxygen atoms in total. The van der Waals surface area contributed by atoms with Crippen molar-refractivity contribution in [1.29, 1.82) is 0 Å². The van der Waals surface area contributed by atoms with Gasteiger partial charge in [-0.2, -0.15) is 0 Å². The van der Waals surface area contributed by atoms with Crippen LogP contribution in [-0.2, 0) is 4.79 Å². The number of aldehydes is 1. The highest BCUT2D eigenvalue weighted by atomic mass is 35.5. The fourth-order valence-electron chi connectivity index (χ4n) is 3.58. The molecule has 152 valence electrons. The summed E-state index contributed by atoms with van der Waals surface area (Å²) in [6, 6.07) is 8.38.